The first kappa shape index (κ1) is 9.01. The van der Waals surface area contributed by atoms with E-state index in [0.717, 1.165) is 18.5 Å². The summed E-state index contributed by atoms with van der Waals surface area (Å²) < 4.78 is 0. The Morgan fingerprint density at radius 1 is 1.27 bits per heavy atom. The zero-order valence-corrected chi connectivity index (χ0v) is 7.71. The summed E-state index contributed by atoms with van der Waals surface area (Å²) in [7, 11) is 4.33. The molecule has 0 aromatic heterocycles. The number of nitrogens with zero attached hydrogens (tertiary/aromatic N) is 1. The molecule has 11 heavy (non-hydrogen) atoms. The van der Waals surface area contributed by atoms with Crippen molar-refractivity contribution in [1.82, 2.24) is 4.90 Å². The normalized spacial score (nSPS) is 32.7. The van der Waals surface area contributed by atoms with E-state index in [2.05, 4.69) is 19.0 Å². The van der Waals surface area contributed by atoms with E-state index in [4.69, 9.17) is 5.73 Å². The standard InChI is InChI=1S/C9H20N2/c1-11(2)9-6-4-3-5-8(9)7-10/h8-9H,3-7,10H2,1-2H3/t8-,9+/m0/s1. The largest absolute Gasteiger partial charge is 0.330 e. The number of hydrogen-bond acceptors (Lipinski definition) is 2. The Labute approximate surface area is 69.8 Å². The molecule has 2 nitrogen and oxygen atoms in total. The fourth-order valence-corrected chi connectivity index (χ4v) is 2.14. The molecule has 1 rings (SSSR count). The highest BCUT2D eigenvalue weighted by molar-refractivity contribution is 4.80. The molecule has 1 fully saturated rings. The van der Waals surface area contributed by atoms with Crippen LogP contribution >= 0.6 is 0 Å². The number of rotatable bonds is 2. The van der Waals surface area contributed by atoms with E-state index in [9.17, 15) is 0 Å². The van der Waals surface area contributed by atoms with E-state index in [1.54, 1.807) is 0 Å². The third-order valence-corrected chi connectivity index (χ3v) is 2.83. The van der Waals surface area contributed by atoms with Gasteiger partial charge in [0.1, 0.15) is 0 Å². The Bertz CT molecular complexity index is 112. The molecule has 0 bridgehead atoms. The van der Waals surface area contributed by atoms with E-state index in [0.29, 0.717) is 0 Å². The van der Waals surface area contributed by atoms with Crippen molar-refractivity contribution in [3.63, 3.8) is 0 Å². The monoisotopic (exact) mass is 156 g/mol. The van der Waals surface area contributed by atoms with Gasteiger partial charge < -0.3 is 10.6 Å². The fourth-order valence-electron chi connectivity index (χ4n) is 2.14. The topological polar surface area (TPSA) is 29.3 Å². The van der Waals surface area contributed by atoms with Crippen LogP contribution < -0.4 is 5.73 Å². The van der Waals surface area contributed by atoms with Crippen LogP contribution in [0.3, 0.4) is 0 Å². The lowest BCUT2D eigenvalue weighted by Gasteiger charge is -2.35. The summed E-state index contributed by atoms with van der Waals surface area (Å²) in [6.07, 6.45) is 5.44. The van der Waals surface area contributed by atoms with Crippen molar-refractivity contribution in [1.29, 1.82) is 0 Å². The Balaban J connectivity index is 2.44. The van der Waals surface area contributed by atoms with Gasteiger partial charge >= 0.3 is 0 Å². The zero-order chi connectivity index (χ0) is 8.27. The molecule has 0 aromatic rings. The summed E-state index contributed by atoms with van der Waals surface area (Å²) in [6, 6.07) is 0.744. The SMILES string of the molecule is CN(C)[C@@H]1CCCC[C@H]1CN. The predicted molar refractivity (Wildman–Crippen MR) is 48.5 cm³/mol. The molecule has 2 heteroatoms. The van der Waals surface area contributed by atoms with Crippen molar-refractivity contribution in [2.75, 3.05) is 20.6 Å². The third-order valence-electron chi connectivity index (χ3n) is 2.83. The zero-order valence-electron chi connectivity index (χ0n) is 7.71. The second-order valence-electron chi connectivity index (χ2n) is 3.81. The lowest BCUT2D eigenvalue weighted by Crippen LogP contribution is -2.40. The van der Waals surface area contributed by atoms with Crippen molar-refractivity contribution in [3.8, 4) is 0 Å². The molecule has 1 aliphatic rings. The highest BCUT2D eigenvalue weighted by Gasteiger charge is 2.24. The van der Waals surface area contributed by atoms with Gasteiger partial charge in [0.05, 0.1) is 0 Å². The van der Waals surface area contributed by atoms with Gasteiger partial charge in [-0.1, -0.05) is 12.8 Å². The minimum absolute atomic E-state index is 0.744. The van der Waals surface area contributed by atoms with Crippen molar-refractivity contribution in [3.05, 3.63) is 0 Å². The van der Waals surface area contributed by atoms with Gasteiger partial charge in [-0.3, -0.25) is 0 Å². The van der Waals surface area contributed by atoms with Gasteiger partial charge in [-0.15, -0.1) is 0 Å². The molecule has 1 aliphatic carbocycles. The van der Waals surface area contributed by atoms with Crippen LogP contribution in [0.1, 0.15) is 25.7 Å². The van der Waals surface area contributed by atoms with Crippen molar-refractivity contribution in [2.24, 2.45) is 11.7 Å². The average Bonchev–Trinajstić information content (AvgIpc) is 2.04. The Hall–Kier alpha value is -0.0800. The highest BCUT2D eigenvalue weighted by atomic mass is 15.1. The van der Waals surface area contributed by atoms with Crippen molar-refractivity contribution in [2.45, 2.75) is 31.7 Å². The average molecular weight is 156 g/mol. The molecule has 0 spiro atoms. The molecule has 0 heterocycles. The quantitative estimate of drug-likeness (QED) is 0.648. The molecular weight excluding hydrogens is 136 g/mol. The Morgan fingerprint density at radius 3 is 2.36 bits per heavy atom. The minimum atomic E-state index is 0.744. The summed E-state index contributed by atoms with van der Waals surface area (Å²) in [5.41, 5.74) is 5.70. The molecule has 0 radical (unpaired) electrons. The first-order valence-corrected chi connectivity index (χ1v) is 4.62. The van der Waals surface area contributed by atoms with E-state index < -0.39 is 0 Å². The Morgan fingerprint density at radius 2 is 1.91 bits per heavy atom. The van der Waals surface area contributed by atoms with E-state index >= 15 is 0 Å². The van der Waals surface area contributed by atoms with Gasteiger partial charge in [0.2, 0.25) is 0 Å². The molecule has 0 unspecified atom stereocenters. The maximum Gasteiger partial charge on any atom is 0.0129 e. The van der Waals surface area contributed by atoms with Gasteiger partial charge in [0.25, 0.3) is 0 Å². The summed E-state index contributed by atoms with van der Waals surface area (Å²) >= 11 is 0. The fraction of sp³-hybridized carbons (Fsp3) is 1.00. The van der Waals surface area contributed by atoms with Gasteiger partial charge in [-0.05, 0) is 39.4 Å². The lowest BCUT2D eigenvalue weighted by molar-refractivity contribution is 0.160. The van der Waals surface area contributed by atoms with Gasteiger partial charge in [-0.25, -0.2) is 0 Å². The van der Waals surface area contributed by atoms with Crippen LogP contribution in [-0.4, -0.2) is 31.6 Å². The molecule has 1 saturated carbocycles. The van der Waals surface area contributed by atoms with Gasteiger partial charge in [0, 0.05) is 6.04 Å². The number of nitrogens with two attached hydrogens (primary N) is 1. The summed E-state index contributed by atoms with van der Waals surface area (Å²) in [5, 5.41) is 0. The Kier molecular flexibility index (Phi) is 3.34. The van der Waals surface area contributed by atoms with E-state index in [-0.39, 0.29) is 0 Å². The van der Waals surface area contributed by atoms with Crippen LogP contribution in [0.25, 0.3) is 0 Å². The maximum atomic E-state index is 5.70. The smallest absolute Gasteiger partial charge is 0.0129 e. The molecule has 2 atom stereocenters. The van der Waals surface area contributed by atoms with Crippen LogP contribution in [0.4, 0.5) is 0 Å². The van der Waals surface area contributed by atoms with E-state index in [1.165, 1.54) is 25.7 Å². The van der Waals surface area contributed by atoms with Crippen LogP contribution in [0.15, 0.2) is 0 Å². The minimum Gasteiger partial charge on any atom is -0.330 e. The van der Waals surface area contributed by atoms with Crippen molar-refractivity contribution < 1.29 is 0 Å². The van der Waals surface area contributed by atoms with Crippen LogP contribution in [0, 0.1) is 5.92 Å². The molecular formula is C9H20N2. The summed E-state index contributed by atoms with van der Waals surface area (Å²) in [6.45, 7) is 0.864. The lowest BCUT2D eigenvalue weighted by atomic mass is 9.84. The molecule has 66 valence electrons. The maximum absolute atomic E-state index is 5.70. The summed E-state index contributed by atoms with van der Waals surface area (Å²) in [5.74, 6) is 0.749. The summed E-state index contributed by atoms with van der Waals surface area (Å²) in [4.78, 5) is 2.33. The molecule has 0 saturated heterocycles. The van der Waals surface area contributed by atoms with Crippen molar-refractivity contribution >= 4 is 0 Å². The second kappa shape index (κ2) is 4.07. The first-order chi connectivity index (χ1) is 5.25. The van der Waals surface area contributed by atoms with Crippen LogP contribution in [0.5, 0.6) is 0 Å². The van der Waals surface area contributed by atoms with E-state index in [1.807, 2.05) is 0 Å². The van der Waals surface area contributed by atoms with Crippen LogP contribution in [0.2, 0.25) is 0 Å². The molecule has 2 N–H and O–H groups in total. The van der Waals surface area contributed by atoms with Gasteiger partial charge in [-0.2, -0.15) is 0 Å². The predicted octanol–water partition coefficient (Wildman–Crippen LogP) is 1.07. The second-order valence-corrected chi connectivity index (χ2v) is 3.81. The molecule has 0 aromatic carbocycles. The molecule has 0 aliphatic heterocycles. The highest BCUT2D eigenvalue weighted by Crippen LogP contribution is 2.26. The van der Waals surface area contributed by atoms with Crippen LogP contribution in [-0.2, 0) is 0 Å². The first-order valence-electron chi connectivity index (χ1n) is 4.62. The van der Waals surface area contributed by atoms with Gasteiger partial charge in [0.15, 0.2) is 0 Å². The third kappa shape index (κ3) is 2.17. The number of hydrogen-bond donors (Lipinski definition) is 1. The molecule has 0 amide bonds.